The summed E-state index contributed by atoms with van der Waals surface area (Å²) in [5.74, 6) is 0.297. The zero-order chi connectivity index (χ0) is 37.6. The van der Waals surface area contributed by atoms with E-state index in [1.165, 1.54) is 22.3 Å². The van der Waals surface area contributed by atoms with Gasteiger partial charge in [0, 0.05) is 0 Å². The van der Waals surface area contributed by atoms with Crippen molar-refractivity contribution in [2.24, 2.45) is 0 Å². The van der Waals surface area contributed by atoms with Crippen LogP contribution in [0, 0.1) is 0 Å². The Labute approximate surface area is 314 Å². The monoisotopic (exact) mass is 758 g/mol. The van der Waals surface area contributed by atoms with Gasteiger partial charge in [0.05, 0.1) is 0 Å². The summed E-state index contributed by atoms with van der Waals surface area (Å²) in [6, 6.07) is 29.5. The molecule has 3 heteroatoms. The molecule has 1 aliphatic heterocycles. The number of rotatable bonds is 2. The smallest absolute Gasteiger partial charge is 0.0132 e. The predicted octanol–water partition coefficient (Wildman–Crippen LogP) is 12.2. The van der Waals surface area contributed by atoms with Crippen molar-refractivity contribution in [2.45, 2.75) is 120 Å². The summed E-state index contributed by atoms with van der Waals surface area (Å²) in [6.45, 7) is 25.5. The van der Waals surface area contributed by atoms with Crippen LogP contribution in [-0.4, -0.2) is 0 Å². The summed E-state index contributed by atoms with van der Waals surface area (Å²) >= 11 is -2.13. The van der Waals surface area contributed by atoms with Crippen LogP contribution in [0.4, 0.5) is 0 Å². The second-order valence-corrected chi connectivity index (χ2v) is 30.7. The Balaban J connectivity index is 0.000000153. The van der Waals surface area contributed by atoms with Crippen LogP contribution in [0.2, 0.25) is 8.26 Å². The first kappa shape index (κ1) is 39.1. The van der Waals surface area contributed by atoms with Crippen LogP contribution < -0.4 is 10.2 Å². The van der Waals surface area contributed by atoms with E-state index in [2.05, 4.69) is 168 Å². The van der Waals surface area contributed by atoms with E-state index in [-0.39, 0.29) is 33.2 Å². The molecule has 2 unspecified atom stereocenters. The van der Waals surface area contributed by atoms with Crippen molar-refractivity contribution in [3.8, 4) is 11.5 Å². The van der Waals surface area contributed by atoms with Crippen LogP contribution in [-0.2, 0) is 41.9 Å². The van der Waals surface area contributed by atoms with Gasteiger partial charge < -0.3 is 10.2 Å². The van der Waals surface area contributed by atoms with Crippen molar-refractivity contribution in [1.82, 2.24) is 0 Å². The van der Waals surface area contributed by atoms with Gasteiger partial charge in [0.15, 0.2) is 0 Å². The van der Waals surface area contributed by atoms with Crippen molar-refractivity contribution in [3.63, 3.8) is 0 Å². The summed E-state index contributed by atoms with van der Waals surface area (Å²) in [5.41, 5.74) is 10.6. The summed E-state index contributed by atoms with van der Waals surface area (Å²) < 4.78 is 4.72. The normalized spacial score (nSPS) is 18.0. The standard InChI is InChI=1S/2C14H22O.2C9H7.C2H4.Zr/c2*1-13(2,3)10-7-8-12(15)11(9-10)14(4,5)6;2*1-2-5-9-7-3-6-8(9)4-1;1-2;/h2*7-9,15H,1-6H3;2*1-7H;1-2H2;/q;;;;;+2/p-2. The fourth-order valence-electron chi connectivity index (χ4n) is 7.63. The molecule has 7 rings (SSSR count). The molecule has 0 amide bonds. The first-order chi connectivity index (χ1) is 23.6. The largest absolute Gasteiger partial charge is 0.872 e. The Bertz CT molecular complexity index is 1780. The van der Waals surface area contributed by atoms with Crippen LogP contribution in [0.25, 0.3) is 12.2 Å². The van der Waals surface area contributed by atoms with Crippen LogP contribution >= 0.6 is 0 Å². The van der Waals surface area contributed by atoms with Crippen molar-refractivity contribution in [2.75, 3.05) is 0 Å². The SMILES string of the molecule is C1=C[CH]([Zr+2]2([CH]3C=Cc4ccccc43)[CH2][CH2]2)c2ccccc21.CC(C)(C)c1ccc([O-])c(C(C)(C)C)c1.CC(C)(C)c1ccc([O-])c(C(C)(C)C)c1. The molecule has 4 aromatic rings. The minimum absolute atomic E-state index is 0.0711. The number of hydrogen-bond donors (Lipinski definition) is 0. The first-order valence-corrected chi connectivity index (χ1v) is 25.1. The molecule has 0 bridgehead atoms. The summed E-state index contributed by atoms with van der Waals surface area (Å²) in [6.07, 6.45) is 9.84. The Kier molecular flexibility index (Phi) is 11.0. The molecule has 0 aromatic heterocycles. The van der Waals surface area contributed by atoms with E-state index >= 15 is 0 Å². The minimum Gasteiger partial charge on any atom is -0.872 e. The molecule has 2 nitrogen and oxygen atoms in total. The van der Waals surface area contributed by atoms with E-state index in [1.807, 2.05) is 12.1 Å². The second-order valence-electron chi connectivity index (χ2n) is 19.1. The third-order valence-corrected chi connectivity index (χ3v) is 23.6. The topological polar surface area (TPSA) is 46.1 Å². The molecule has 1 heterocycles. The van der Waals surface area contributed by atoms with E-state index in [9.17, 15) is 10.2 Å². The maximum atomic E-state index is 11.7. The van der Waals surface area contributed by atoms with Crippen LogP contribution in [0.15, 0.2) is 97.1 Å². The van der Waals surface area contributed by atoms with E-state index in [0.717, 1.165) is 18.4 Å². The Hall–Kier alpha value is -3.16. The van der Waals surface area contributed by atoms with Crippen LogP contribution in [0.5, 0.6) is 11.5 Å². The molecule has 4 aromatic carbocycles. The van der Waals surface area contributed by atoms with Gasteiger partial charge in [-0.25, -0.2) is 0 Å². The van der Waals surface area contributed by atoms with Crippen molar-refractivity contribution < 1.29 is 30.5 Å². The van der Waals surface area contributed by atoms with Gasteiger partial charge >= 0.3 is 131 Å². The Morgan fingerprint density at radius 2 is 0.824 bits per heavy atom. The van der Waals surface area contributed by atoms with Gasteiger partial charge in [0.1, 0.15) is 0 Å². The van der Waals surface area contributed by atoms with Crippen molar-refractivity contribution in [1.29, 1.82) is 0 Å². The molecule has 2 aliphatic carbocycles. The fourth-order valence-corrected chi connectivity index (χ4v) is 23.2. The third-order valence-electron chi connectivity index (χ3n) is 11.0. The molecule has 0 radical (unpaired) electrons. The maximum Gasteiger partial charge on any atom is -0.0132 e. The summed E-state index contributed by atoms with van der Waals surface area (Å²) in [4.78, 5) is 0. The maximum absolute atomic E-state index is 11.7. The van der Waals surface area contributed by atoms with Gasteiger partial charge in [0.2, 0.25) is 0 Å². The van der Waals surface area contributed by atoms with Gasteiger partial charge in [0.25, 0.3) is 0 Å². The summed E-state index contributed by atoms with van der Waals surface area (Å²) in [7, 11) is 0. The fraction of sp³-hybridized carbons (Fsp3) is 0.417. The zero-order valence-electron chi connectivity index (χ0n) is 33.3. The van der Waals surface area contributed by atoms with E-state index in [0.29, 0.717) is 0 Å². The average Bonchev–Trinajstić information content (AvgIpc) is 3.51. The predicted molar refractivity (Wildman–Crippen MR) is 213 cm³/mol. The molecule has 3 aliphatic rings. The summed E-state index contributed by atoms with van der Waals surface area (Å²) in [5, 5.41) is 23.5. The molecule has 0 spiro atoms. The number of allylic oxidation sites excluding steroid dienone is 2. The molecule has 0 saturated carbocycles. The molecule has 2 atom stereocenters. The van der Waals surface area contributed by atoms with Crippen molar-refractivity contribution >= 4 is 12.2 Å². The van der Waals surface area contributed by atoms with Gasteiger partial charge in [-0.2, -0.15) is 0 Å². The van der Waals surface area contributed by atoms with E-state index in [1.54, 1.807) is 31.5 Å². The molecule has 0 N–H and O–H groups in total. The molecule has 1 fully saturated rings. The molecule has 268 valence electrons. The number of benzene rings is 4. The second kappa shape index (κ2) is 14.3. The van der Waals surface area contributed by atoms with Crippen LogP contribution in [0.1, 0.15) is 135 Å². The Morgan fingerprint density at radius 3 is 1.14 bits per heavy atom. The van der Waals surface area contributed by atoms with Crippen LogP contribution in [0.3, 0.4) is 0 Å². The van der Waals surface area contributed by atoms with Gasteiger partial charge in [-0.05, 0) is 32.8 Å². The van der Waals surface area contributed by atoms with Crippen molar-refractivity contribution in [3.05, 3.63) is 142 Å². The molecular weight excluding hydrogens is 700 g/mol. The first-order valence-electron chi connectivity index (χ1n) is 18.8. The van der Waals surface area contributed by atoms with Gasteiger partial charge in [-0.15, -0.1) is 11.5 Å². The average molecular weight is 760 g/mol. The van der Waals surface area contributed by atoms with E-state index in [4.69, 9.17) is 0 Å². The number of fused-ring (bicyclic) bond motifs is 2. The minimum atomic E-state index is -2.13. The third kappa shape index (κ3) is 8.74. The molecular formula is C48H60O2Zr. The van der Waals surface area contributed by atoms with Gasteiger partial charge in [-0.3, -0.25) is 0 Å². The Morgan fingerprint density at radius 1 is 0.471 bits per heavy atom. The molecule has 1 saturated heterocycles. The zero-order valence-corrected chi connectivity index (χ0v) is 35.7. The number of hydrogen-bond acceptors (Lipinski definition) is 2. The van der Waals surface area contributed by atoms with E-state index < -0.39 is 20.3 Å². The molecule has 51 heavy (non-hydrogen) atoms. The quantitative estimate of drug-likeness (QED) is 0.204. The van der Waals surface area contributed by atoms with Gasteiger partial charge in [-0.1, -0.05) is 131 Å².